The van der Waals surface area contributed by atoms with Gasteiger partial charge in [-0.3, -0.25) is 53.6 Å². The Morgan fingerprint density at radius 2 is 1.00 bits per heavy atom. The zero-order chi connectivity index (χ0) is 51.9. The molecule has 9 rings (SSSR count). The van der Waals surface area contributed by atoms with E-state index in [2.05, 4.69) is 19.7 Å². The summed E-state index contributed by atoms with van der Waals surface area (Å²) in [4.78, 5) is 100. The molecular weight excluding hydrogens is 962 g/mol. The van der Waals surface area contributed by atoms with Gasteiger partial charge in [-0.1, -0.05) is 103 Å². The average Bonchev–Trinajstić information content (AvgIpc) is 3.37. The zero-order valence-corrected chi connectivity index (χ0v) is 38.3. The minimum Gasteiger partial charge on any atom is -0.501 e. The van der Waals surface area contributed by atoms with E-state index in [1.165, 1.54) is 32.2 Å². The van der Waals surface area contributed by atoms with Gasteiger partial charge in [0.05, 0.1) is 41.5 Å². The van der Waals surface area contributed by atoms with E-state index < -0.39 is 66.9 Å². The molecule has 6 aromatic heterocycles. The van der Waals surface area contributed by atoms with Crippen molar-refractivity contribution in [2.75, 3.05) is 13.2 Å². The molecule has 3 aromatic carbocycles. The quantitative estimate of drug-likeness (QED) is 0.0845. The van der Waals surface area contributed by atoms with Gasteiger partial charge in [0, 0.05) is 28.9 Å². The minimum atomic E-state index is -0.877. The van der Waals surface area contributed by atoms with Crippen molar-refractivity contribution in [1.29, 1.82) is 0 Å². The van der Waals surface area contributed by atoms with Gasteiger partial charge >= 0.3 is 39.8 Å². The summed E-state index contributed by atoms with van der Waals surface area (Å²) >= 11 is 6.02. The number of aromatic nitrogens is 6. The number of hydrogen-bond donors (Lipinski definition) is 1. The molecule has 23 nitrogen and oxygen atoms in total. The molecule has 6 heterocycles. The highest BCUT2D eigenvalue weighted by molar-refractivity contribution is 6.37. The van der Waals surface area contributed by atoms with Crippen LogP contribution in [0.1, 0.15) is 23.6 Å². The van der Waals surface area contributed by atoms with E-state index in [-0.39, 0.29) is 35.8 Å². The van der Waals surface area contributed by atoms with Crippen LogP contribution in [0.3, 0.4) is 0 Å². The van der Waals surface area contributed by atoms with Crippen molar-refractivity contribution < 1.29 is 33.8 Å². The Morgan fingerprint density at radius 3 is 1.44 bits per heavy atom. The van der Waals surface area contributed by atoms with E-state index in [1.807, 2.05) is 78.9 Å². The zero-order valence-electron chi connectivity index (χ0n) is 37.5. The molecule has 0 aliphatic rings. The summed E-state index contributed by atoms with van der Waals surface area (Å²) < 4.78 is 12.8. The van der Waals surface area contributed by atoms with Gasteiger partial charge < -0.3 is 14.3 Å². The van der Waals surface area contributed by atoms with Crippen molar-refractivity contribution in [1.82, 2.24) is 28.7 Å². The fourth-order valence-electron chi connectivity index (χ4n) is 6.89. The Hall–Kier alpha value is -9.77. The molecule has 0 aliphatic heterocycles. The lowest BCUT2D eigenvalue weighted by Gasteiger charge is -2.10. The molecule has 0 spiro atoms. The molecule has 0 radical (unpaired) electrons. The molecular formula is C48H38ClN9O14. The predicted octanol–water partition coefficient (Wildman–Crippen LogP) is 6.29. The number of ether oxygens (including phenoxy) is 1. The summed E-state index contributed by atoms with van der Waals surface area (Å²) in [6, 6.07) is 37.2. The first kappa shape index (κ1) is 51.6. The molecule has 366 valence electrons. The highest BCUT2D eigenvalue weighted by Crippen LogP contribution is 2.31. The van der Waals surface area contributed by atoms with Crippen molar-refractivity contribution >= 4 is 62.0 Å². The Kier molecular flexibility index (Phi) is 17.2. The number of esters is 1. The first-order valence-electron chi connectivity index (χ1n) is 21.1. The third-order valence-corrected chi connectivity index (χ3v) is 10.4. The van der Waals surface area contributed by atoms with E-state index in [0.717, 1.165) is 16.7 Å². The number of halogens is 1. The van der Waals surface area contributed by atoms with E-state index >= 15 is 0 Å². The molecule has 0 amide bonds. The van der Waals surface area contributed by atoms with E-state index in [4.69, 9.17) is 16.0 Å². The van der Waals surface area contributed by atoms with Gasteiger partial charge in [-0.15, -0.1) is 0 Å². The molecule has 24 heteroatoms. The first-order chi connectivity index (χ1) is 34.6. The Labute approximate surface area is 408 Å². The maximum Gasteiger partial charge on any atom is 0.423 e. The van der Waals surface area contributed by atoms with E-state index in [9.17, 15) is 59.4 Å². The molecule has 9 aromatic rings. The van der Waals surface area contributed by atoms with Crippen LogP contribution in [0, 0.1) is 30.3 Å². The number of benzene rings is 3. The molecule has 0 bridgehead atoms. The van der Waals surface area contributed by atoms with Crippen LogP contribution in [-0.2, 0) is 29.2 Å². The van der Waals surface area contributed by atoms with Gasteiger partial charge in [-0.25, -0.2) is 29.3 Å². The monoisotopic (exact) mass is 999 g/mol. The summed E-state index contributed by atoms with van der Waals surface area (Å²) in [6.07, 6.45) is 4.53. The lowest BCUT2D eigenvalue weighted by Crippen LogP contribution is -2.26. The SMILES string of the molecule is CCOC(=O)C[N+](=O)[O-].O=c1c([N+](=O)[O-])c(Cl)c2cccnc2n1Cc1ccccc1.O=c1c([N+](=O)[O-])c(O)c2cccnc2n1Cc1ccccc1.O=c1oc(=O)n(Cc2ccccc2)c2ncccc12. The second-order valence-corrected chi connectivity index (χ2v) is 15.2. The van der Waals surface area contributed by atoms with Crippen molar-refractivity contribution in [3.8, 4) is 5.75 Å². The standard InChI is InChI=1S/C15H10ClN3O3.C15H11N3O4.C14H10N2O3.C4H7NO4/c16-12-11-7-4-8-17-14(11)18(15(20)13(12)19(21)22)9-10-5-2-1-3-6-10;19-13-11-7-4-8-16-14(11)17(15(20)12(13)18(21)22)9-10-5-2-1-3-6-10;17-13-11-7-4-8-15-12(11)16(14(18)19-13)9-10-5-2-1-3-6-10;1-2-9-4(6)3-5(7)8/h1-8H,9H2;1-8,19H,9H2;1-8H,9H2;2-3H2,1H3. The number of aromatic hydroxyl groups is 1. The number of rotatable bonds is 11. The fraction of sp³-hybridized carbons (Fsp3) is 0.125. The third-order valence-electron chi connectivity index (χ3n) is 10.0. The first-order valence-corrected chi connectivity index (χ1v) is 21.5. The smallest absolute Gasteiger partial charge is 0.423 e. The van der Waals surface area contributed by atoms with Gasteiger partial charge in [-0.05, 0) is 60.0 Å². The second-order valence-electron chi connectivity index (χ2n) is 14.8. The summed E-state index contributed by atoms with van der Waals surface area (Å²) in [5.74, 6) is -2.13. The van der Waals surface area contributed by atoms with Gasteiger partial charge in [0.1, 0.15) is 21.7 Å². The molecule has 1 N–H and O–H groups in total. The Morgan fingerprint density at radius 1 is 0.597 bits per heavy atom. The summed E-state index contributed by atoms with van der Waals surface area (Å²) in [6.45, 7) is 1.68. The fourth-order valence-corrected chi connectivity index (χ4v) is 7.19. The largest absolute Gasteiger partial charge is 0.501 e. The van der Waals surface area contributed by atoms with Crippen LogP contribution < -0.4 is 22.5 Å². The second kappa shape index (κ2) is 24.0. The molecule has 0 saturated carbocycles. The highest BCUT2D eigenvalue weighted by atomic mass is 35.5. The third kappa shape index (κ3) is 12.5. The Balaban J connectivity index is 0.000000163. The van der Waals surface area contributed by atoms with Crippen LogP contribution in [0.5, 0.6) is 5.75 Å². The highest BCUT2D eigenvalue weighted by Gasteiger charge is 2.27. The molecule has 0 saturated heterocycles. The maximum atomic E-state index is 12.4. The summed E-state index contributed by atoms with van der Waals surface area (Å²) in [5, 5.41) is 42.5. The number of nitrogens with zero attached hydrogens (tertiary/aromatic N) is 9. The number of carbonyl (C=O) groups excluding carboxylic acids is 1. The normalized spacial score (nSPS) is 10.5. The van der Waals surface area contributed by atoms with Crippen LogP contribution in [-0.4, -0.2) is 67.7 Å². The van der Waals surface area contributed by atoms with Crippen LogP contribution in [0.2, 0.25) is 5.02 Å². The molecule has 0 fully saturated rings. The summed E-state index contributed by atoms with van der Waals surface area (Å²) in [7, 11) is 0. The number of pyridine rings is 5. The summed E-state index contributed by atoms with van der Waals surface area (Å²) in [5.41, 5.74) is -0.302. The maximum absolute atomic E-state index is 12.4. The molecule has 0 atom stereocenters. The molecule has 0 unspecified atom stereocenters. The molecule has 72 heavy (non-hydrogen) atoms. The number of carbonyl (C=O) groups is 1. The lowest BCUT2D eigenvalue weighted by molar-refractivity contribution is -0.470. The van der Waals surface area contributed by atoms with Gasteiger partial charge in [0.25, 0.3) is 6.54 Å². The number of nitro groups is 3. The molecule has 0 aliphatic carbocycles. The van der Waals surface area contributed by atoms with Crippen molar-refractivity contribution in [2.45, 2.75) is 26.6 Å². The lowest BCUT2D eigenvalue weighted by atomic mass is 10.2. The van der Waals surface area contributed by atoms with Crippen molar-refractivity contribution in [2.24, 2.45) is 0 Å². The average molecular weight is 1000 g/mol. The van der Waals surface area contributed by atoms with Gasteiger partial charge in [0.2, 0.25) is 5.75 Å². The number of fused-ring (bicyclic) bond motifs is 3. The van der Waals surface area contributed by atoms with Crippen molar-refractivity contribution in [3.05, 3.63) is 240 Å². The predicted molar refractivity (Wildman–Crippen MR) is 262 cm³/mol. The van der Waals surface area contributed by atoms with Crippen LogP contribution in [0.4, 0.5) is 11.4 Å². The topological polar surface area (TPSA) is 311 Å². The van der Waals surface area contributed by atoms with Crippen LogP contribution >= 0.6 is 11.6 Å². The number of hydrogen-bond acceptors (Lipinski definition) is 17. The van der Waals surface area contributed by atoms with Gasteiger partial charge in [-0.2, -0.15) is 0 Å². The van der Waals surface area contributed by atoms with E-state index in [1.54, 1.807) is 55.6 Å². The Bertz CT molecular complexity index is 3530. The minimum absolute atomic E-state index is 0.133. The van der Waals surface area contributed by atoms with Crippen LogP contribution in [0.15, 0.2) is 170 Å². The van der Waals surface area contributed by atoms with Gasteiger partial charge in [0.15, 0.2) is 5.65 Å². The van der Waals surface area contributed by atoms with E-state index in [0.29, 0.717) is 28.6 Å². The van der Waals surface area contributed by atoms with Crippen LogP contribution in [0.25, 0.3) is 33.1 Å². The van der Waals surface area contributed by atoms with Crippen molar-refractivity contribution in [3.63, 3.8) is 0 Å².